The van der Waals surface area contributed by atoms with E-state index in [1.807, 2.05) is 44.2 Å². The molecule has 2 heterocycles. The summed E-state index contributed by atoms with van der Waals surface area (Å²) >= 11 is 0. The number of esters is 1. The number of pyridine rings is 1. The highest BCUT2D eigenvalue weighted by Gasteiger charge is 2.41. The number of benzene rings is 1. The first-order valence-corrected chi connectivity index (χ1v) is 9.02. The molecular weight excluding hydrogens is 346 g/mol. The average Bonchev–Trinajstić information content (AvgIpc) is 2.69. The highest BCUT2D eigenvalue weighted by atomic mass is 16.5. The SMILES string of the molecule is CCC1Oc2ccc(N)nc2N(C(CC)C(=O)OCc2ccccc2)C1=O. The molecule has 2 aromatic rings. The number of anilines is 2. The summed E-state index contributed by atoms with van der Waals surface area (Å²) in [6.45, 7) is 3.82. The van der Waals surface area contributed by atoms with Crippen molar-refractivity contribution in [1.82, 2.24) is 4.98 Å². The lowest BCUT2D eigenvalue weighted by molar-refractivity contribution is -0.148. The molecule has 1 aliphatic heterocycles. The van der Waals surface area contributed by atoms with Crippen molar-refractivity contribution in [2.24, 2.45) is 0 Å². The van der Waals surface area contributed by atoms with Gasteiger partial charge >= 0.3 is 5.97 Å². The van der Waals surface area contributed by atoms with Crippen LogP contribution >= 0.6 is 0 Å². The molecule has 7 nitrogen and oxygen atoms in total. The Labute approximate surface area is 158 Å². The van der Waals surface area contributed by atoms with Crippen molar-refractivity contribution in [2.45, 2.75) is 45.4 Å². The number of amides is 1. The summed E-state index contributed by atoms with van der Waals surface area (Å²) in [5.41, 5.74) is 6.67. The van der Waals surface area contributed by atoms with E-state index in [9.17, 15) is 9.59 Å². The number of carbonyl (C=O) groups excluding carboxylic acids is 2. The summed E-state index contributed by atoms with van der Waals surface area (Å²) in [4.78, 5) is 31.3. The molecular formula is C20H23N3O4. The Balaban J connectivity index is 1.87. The van der Waals surface area contributed by atoms with Gasteiger partial charge in [0.1, 0.15) is 18.5 Å². The fraction of sp³-hybridized carbons (Fsp3) is 0.350. The van der Waals surface area contributed by atoms with Gasteiger partial charge in [0, 0.05) is 0 Å². The Bertz CT molecular complexity index is 825. The number of fused-ring (bicyclic) bond motifs is 1. The topological polar surface area (TPSA) is 94.8 Å². The van der Waals surface area contributed by atoms with E-state index in [4.69, 9.17) is 15.2 Å². The molecule has 1 aromatic carbocycles. The quantitative estimate of drug-likeness (QED) is 0.787. The summed E-state index contributed by atoms with van der Waals surface area (Å²) in [6.07, 6.45) is 0.194. The molecule has 0 aliphatic carbocycles. The third-order valence-electron chi connectivity index (χ3n) is 4.44. The molecule has 142 valence electrons. The molecule has 0 spiro atoms. The molecule has 2 N–H and O–H groups in total. The maximum absolute atomic E-state index is 12.9. The standard InChI is InChI=1S/C20H23N3O4/c1-3-14(20(25)26-12-13-8-6-5-7-9-13)23-18-16(10-11-17(21)22-18)27-15(4-2)19(23)24/h5-11,14-15H,3-4,12H2,1-2H3,(H2,21,22). The predicted molar refractivity (Wildman–Crippen MR) is 101 cm³/mol. The maximum atomic E-state index is 12.9. The van der Waals surface area contributed by atoms with Gasteiger partial charge in [-0.05, 0) is 30.5 Å². The summed E-state index contributed by atoms with van der Waals surface area (Å²) in [7, 11) is 0. The predicted octanol–water partition coefficient (Wildman–Crippen LogP) is 2.69. The van der Waals surface area contributed by atoms with E-state index in [2.05, 4.69) is 4.98 Å². The van der Waals surface area contributed by atoms with Crippen LogP contribution in [0.25, 0.3) is 0 Å². The zero-order valence-corrected chi connectivity index (χ0v) is 15.4. The number of hydrogen-bond acceptors (Lipinski definition) is 6. The van der Waals surface area contributed by atoms with Crippen LogP contribution in [-0.4, -0.2) is 29.0 Å². The van der Waals surface area contributed by atoms with Crippen LogP contribution < -0.4 is 15.4 Å². The zero-order chi connectivity index (χ0) is 19.4. The van der Waals surface area contributed by atoms with Gasteiger partial charge in [-0.15, -0.1) is 0 Å². The van der Waals surface area contributed by atoms with Crippen LogP contribution in [0.4, 0.5) is 11.6 Å². The van der Waals surface area contributed by atoms with Crippen molar-refractivity contribution in [3.63, 3.8) is 0 Å². The number of carbonyl (C=O) groups is 2. The van der Waals surface area contributed by atoms with E-state index < -0.39 is 18.1 Å². The van der Waals surface area contributed by atoms with Crippen molar-refractivity contribution in [1.29, 1.82) is 0 Å². The average molecular weight is 369 g/mol. The Hall–Kier alpha value is -3.09. The first kappa shape index (κ1) is 18.7. The molecule has 0 radical (unpaired) electrons. The molecule has 7 heteroatoms. The number of aromatic nitrogens is 1. The summed E-state index contributed by atoms with van der Waals surface area (Å²) in [5.74, 6) is 0.143. The molecule has 0 saturated carbocycles. The van der Waals surface area contributed by atoms with Gasteiger partial charge in [0.15, 0.2) is 17.7 Å². The Morgan fingerprint density at radius 2 is 2.00 bits per heavy atom. The molecule has 2 unspecified atom stereocenters. The van der Waals surface area contributed by atoms with Crippen molar-refractivity contribution in [2.75, 3.05) is 10.6 Å². The second kappa shape index (κ2) is 8.07. The molecule has 1 aromatic heterocycles. The number of nitrogens with zero attached hydrogens (tertiary/aromatic N) is 2. The third kappa shape index (κ3) is 3.86. The monoisotopic (exact) mass is 369 g/mol. The molecule has 1 amide bonds. The second-order valence-electron chi connectivity index (χ2n) is 6.30. The number of hydrogen-bond donors (Lipinski definition) is 1. The molecule has 1 aliphatic rings. The zero-order valence-electron chi connectivity index (χ0n) is 15.4. The summed E-state index contributed by atoms with van der Waals surface area (Å²) < 4.78 is 11.2. The fourth-order valence-electron chi connectivity index (χ4n) is 3.02. The molecule has 0 bridgehead atoms. The minimum Gasteiger partial charge on any atom is -0.477 e. The van der Waals surface area contributed by atoms with Crippen LogP contribution in [0.5, 0.6) is 5.75 Å². The van der Waals surface area contributed by atoms with Crippen LogP contribution in [0.2, 0.25) is 0 Å². The van der Waals surface area contributed by atoms with Gasteiger partial charge < -0.3 is 15.2 Å². The maximum Gasteiger partial charge on any atom is 0.329 e. The van der Waals surface area contributed by atoms with Crippen molar-refractivity contribution < 1.29 is 19.1 Å². The van der Waals surface area contributed by atoms with Crippen LogP contribution in [0.3, 0.4) is 0 Å². The second-order valence-corrected chi connectivity index (χ2v) is 6.30. The van der Waals surface area contributed by atoms with Gasteiger partial charge in [0.25, 0.3) is 5.91 Å². The fourth-order valence-corrected chi connectivity index (χ4v) is 3.02. The van der Waals surface area contributed by atoms with Crippen molar-refractivity contribution in [3.8, 4) is 5.75 Å². The van der Waals surface area contributed by atoms with Gasteiger partial charge in [-0.1, -0.05) is 44.2 Å². The highest BCUT2D eigenvalue weighted by Crippen LogP contribution is 2.35. The number of nitrogens with two attached hydrogens (primary N) is 1. The minimum atomic E-state index is -0.799. The van der Waals surface area contributed by atoms with Crippen LogP contribution in [-0.2, 0) is 20.9 Å². The molecule has 2 atom stereocenters. The Morgan fingerprint density at radius 3 is 2.67 bits per heavy atom. The van der Waals surface area contributed by atoms with Crippen LogP contribution in [0.15, 0.2) is 42.5 Å². The summed E-state index contributed by atoms with van der Waals surface area (Å²) in [6, 6.07) is 11.9. The molecule has 27 heavy (non-hydrogen) atoms. The lowest BCUT2D eigenvalue weighted by atomic mass is 10.1. The number of nitrogen functional groups attached to an aromatic ring is 1. The van der Waals surface area contributed by atoms with E-state index in [1.165, 1.54) is 4.90 Å². The van der Waals surface area contributed by atoms with Gasteiger partial charge in [-0.2, -0.15) is 0 Å². The molecule has 0 fully saturated rings. The van der Waals surface area contributed by atoms with Gasteiger partial charge in [-0.3, -0.25) is 9.69 Å². The van der Waals surface area contributed by atoms with Crippen LogP contribution in [0.1, 0.15) is 32.3 Å². The lowest BCUT2D eigenvalue weighted by Crippen LogP contribution is -2.54. The lowest BCUT2D eigenvalue weighted by Gasteiger charge is -2.36. The first-order chi connectivity index (χ1) is 13.0. The van der Waals surface area contributed by atoms with Gasteiger partial charge in [0.2, 0.25) is 0 Å². The smallest absolute Gasteiger partial charge is 0.329 e. The largest absolute Gasteiger partial charge is 0.477 e. The normalized spacial score (nSPS) is 17.0. The van der Waals surface area contributed by atoms with Crippen molar-refractivity contribution >= 4 is 23.5 Å². The van der Waals surface area contributed by atoms with E-state index >= 15 is 0 Å². The van der Waals surface area contributed by atoms with E-state index in [1.54, 1.807) is 12.1 Å². The number of ether oxygens (including phenoxy) is 2. The van der Waals surface area contributed by atoms with E-state index in [0.717, 1.165) is 5.56 Å². The van der Waals surface area contributed by atoms with Crippen LogP contribution in [0, 0.1) is 0 Å². The van der Waals surface area contributed by atoms with Gasteiger partial charge in [-0.25, -0.2) is 9.78 Å². The number of rotatable bonds is 6. The molecule has 0 saturated heterocycles. The highest BCUT2D eigenvalue weighted by molar-refractivity contribution is 6.03. The van der Waals surface area contributed by atoms with Gasteiger partial charge in [0.05, 0.1) is 0 Å². The Kier molecular flexibility index (Phi) is 5.59. The molecule has 3 rings (SSSR count). The minimum absolute atomic E-state index is 0.142. The Morgan fingerprint density at radius 1 is 1.26 bits per heavy atom. The third-order valence-corrected chi connectivity index (χ3v) is 4.44. The van der Waals surface area contributed by atoms with Crippen molar-refractivity contribution in [3.05, 3.63) is 48.0 Å². The van der Waals surface area contributed by atoms with E-state index in [-0.39, 0.29) is 24.1 Å². The summed E-state index contributed by atoms with van der Waals surface area (Å²) in [5, 5.41) is 0. The first-order valence-electron chi connectivity index (χ1n) is 9.02. The van der Waals surface area contributed by atoms with E-state index in [0.29, 0.717) is 18.6 Å².